The van der Waals surface area contributed by atoms with Crippen molar-refractivity contribution in [3.05, 3.63) is 71.7 Å². The van der Waals surface area contributed by atoms with Crippen molar-refractivity contribution in [2.45, 2.75) is 25.9 Å². The summed E-state index contributed by atoms with van der Waals surface area (Å²) in [5.41, 5.74) is 4.42. The molecule has 1 aliphatic rings. The average molecular weight is 465 g/mol. The molecule has 172 valence electrons. The summed E-state index contributed by atoms with van der Waals surface area (Å²) in [5.74, 6) is -0.844. The van der Waals surface area contributed by atoms with Gasteiger partial charge in [0.15, 0.2) is 0 Å². The molecule has 5 aromatic heterocycles. The van der Waals surface area contributed by atoms with Crippen LogP contribution in [0.25, 0.3) is 17.0 Å². The molecule has 5 aromatic rings. The normalized spacial score (nSPS) is 15.9. The van der Waals surface area contributed by atoms with Crippen LogP contribution in [0.5, 0.6) is 0 Å². The maximum Gasteiger partial charge on any atom is 0.333 e. The van der Waals surface area contributed by atoms with Gasteiger partial charge in [0.1, 0.15) is 6.04 Å². The lowest BCUT2D eigenvalue weighted by Crippen LogP contribution is -2.41. The number of aromatic amines is 1. The smallest absolute Gasteiger partial charge is 0.333 e. The molecule has 0 aliphatic carbocycles. The van der Waals surface area contributed by atoms with Crippen LogP contribution in [0.3, 0.4) is 0 Å². The number of aromatic nitrogens is 8. The number of aryl methyl sites for hydroxylation is 1. The largest absolute Gasteiger partial charge is 0.412 e. The number of pyridine rings is 1. The second kappa shape index (κ2) is 7.57. The van der Waals surface area contributed by atoms with Gasteiger partial charge < -0.3 is 14.3 Å². The first-order chi connectivity index (χ1) is 16.5. The first kappa shape index (κ1) is 20.2. The van der Waals surface area contributed by atoms with Crippen molar-refractivity contribution in [1.82, 2.24) is 44.5 Å². The fourth-order valence-electron chi connectivity index (χ4n) is 4.21. The summed E-state index contributed by atoms with van der Waals surface area (Å²) in [5, 5.41) is 16.0. The molecule has 34 heavy (non-hydrogen) atoms. The number of carbonyl (C=O) groups is 1. The molecule has 0 spiro atoms. The molecule has 0 unspecified atom stereocenters. The van der Waals surface area contributed by atoms with Crippen LogP contribution in [-0.2, 0) is 6.42 Å². The number of hydrogen-bond donors (Lipinski definition) is 1. The van der Waals surface area contributed by atoms with Gasteiger partial charge in [0.2, 0.25) is 0 Å². The molecule has 0 saturated heterocycles. The van der Waals surface area contributed by atoms with E-state index < -0.39 is 18.5 Å². The van der Waals surface area contributed by atoms with Gasteiger partial charge in [-0.3, -0.25) is 4.79 Å². The Balaban J connectivity index is 1.37. The summed E-state index contributed by atoms with van der Waals surface area (Å²) in [4.78, 5) is 22.6. The van der Waals surface area contributed by atoms with Gasteiger partial charge >= 0.3 is 18.3 Å². The van der Waals surface area contributed by atoms with Crippen LogP contribution in [0.4, 0.5) is 8.78 Å². The number of imidazole rings is 1. The van der Waals surface area contributed by atoms with Gasteiger partial charge in [-0.25, -0.2) is 14.2 Å². The number of H-pyrrole nitrogens is 1. The Bertz CT molecular complexity index is 1520. The quantitative estimate of drug-likeness (QED) is 0.433. The van der Waals surface area contributed by atoms with Gasteiger partial charge in [0, 0.05) is 31.1 Å². The minimum absolute atomic E-state index is 0.0763. The lowest BCUT2D eigenvalue weighted by atomic mass is 9.99. The molecule has 1 atom stereocenters. The second-order valence-corrected chi connectivity index (χ2v) is 7.91. The molecule has 0 fully saturated rings. The third-order valence-corrected chi connectivity index (χ3v) is 5.85. The number of halogens is 2. The van der Waals surface area contributed by atoms with E-state index in [9.17, 15) is 13.6 Å². The number of fused-ring (bicyclic) bond motifs is 2. The van der Waals surface area contributed by atoms with Crippen LogP contribution in [0, 0.1) is 6.92 Å². The zero-order valence-electron chi connectivity index (χ0n) is 17.8. The molecule has 0 saturated carbocycles. The van der Waals surface area contributed by atoms with Crippen molar-refractivity contribution in [3.8, 4) is 11.5 Å². The predicted octanol–water partition coefficient (Wildman–Crippen LogP) is 2.80. The molecule has 0 radical (unpaired) electrons. The topological polar surface area (TPSA) is 123 Å². The molecule has 6 heterocycles. The average Bonchev–Trinajstić information content (AvgIpc) is 3.62. The molecular weight excluding hydrogens is 448 g/mol. The maximum absolute atomic E-state index is 13.5. The third-order valence-electron chi connectivity index (χ3n) is 5.85. The van der Waals surface area contributed by atoms with E-state index in [0.717, 1.165) is 23.0 Å². The standard InChI is InChI=1S/C21H17F2N9O2/c1-11-3-2-5-31-15(11)7-14(29-31)17-16-13(24-10-25-16)4-6-30(17)20(33)19-28-27-18(34-19)12-8-26-32(9-12)21(22)23/h2-3,5,7-10,17,21H,4,6H2,1H3,(H,24,25)/t17-/m1/s1. The molecule has 1 amide bonds. The molecule has 0 bridgehead atoms. The number of nitrogens with zero attached hydrogens (tertiary/aromatic N) is 8. The molecule has 1 N–H and O–H groups in total. The predicted molar refractivity (Wildman–Crippen MR) is 112 cm³/mol. The molecular formula is C21H17F2N9O2. The molecule has 1 aliphatic heterocycles. The Morgan fingerprint density at radius 1 is 1.32 bits per heavy atom. The van der Waals surface area contributed by atoms with Gasteiger partial charge in [0.05, 0.1) is 35.0 Å². The number of rotatable bonds is 4. The fraction of sp³-hybridized carbons (Fsp3) is 0.238. The zero-order valence-corrected chi connectivity index (χ0v) is 17.8. The monoisotopic (exact) mass is 465 g/mol. The Morgan fingerprint density at radius 2 is 2.21 bits per heavy atom. The van der Waals surface area contributed by atoms with Gasteiger partial charge in [-0.1, -0.05) is 6.07 Å². The minimum atomic E-state index is -2.80. The molecule has 11 nitrogen and oxygen atoms in total. The van der Waals surface area contributed by atoms with Crippen molar-refractivity contribution in [3.63, 3.8) is 0 Å². The number of carbonyl (C=O) groups excluding carboxylic acids is 1. The van der Waals surface area contributed by atoms with E-state index in [1.165, 1.54) is 6.20 Å². The zero-order chi connectivity index (χ0) is 23.4. The van der Waals surface area contributed by atoms with Gasteiger partial charge in [-0.2, -0.15) is 19.0 Å². The van der Waals surface area contributed by atoms with Crippen LogP contribution in [0.1, 0.15) is 45.9 Å². The summed E-state index contributed by atoms with van der Waals surface area (Å²) < 4.78 is 33.4. The number of nitrogens with one attached hydrogen (secondary N) is 1. The van der Waals surface area contributed by atoms with Crippen LogP contribution < -0.4 is 0 Å². The van der Waals surface area contributed by atoms with Crippen molar-refractivity contribution in [1.29, 1.82) is 0 Å². The summed E-state index contributed by atoms with van der Waals surface area (Å²) >= 11 is 0. The van der Waals surface area contributed by atoms with E-state index >= 15 is 0 Å². The highest BCUT2D eigenvalue weighted by atomic mass is 19.3. The van der Waals surface area contributed by atoms with Gasteiger partial charge in [-0.15, -0.1) is 10.2 Å². The first-order valence-electron chi connectivity index (χ1n) is 10.4. The van der Waals surface area contributed by atoms with Crippen molar-refractivity contribution < 1.29 is 18.0 Å². The lowest BCUT2D eigenvalue weighted by molar-refractivity contribution is 0.0566. The second-order valence-electron chi connectivity index (χ2n) is 7.91. The molecule has 0 aromatic carbocycles. The summed E-state index contributed by atoms with van der Waals surface area (Å²) in [7, 11) is 0. The van der Waals surface area contributed by atoms with Crippen molar-refractivity contribution in [2.24, 2.45) is 0 Å². The highest BCUT2D eigenvalue weighted by Crippen LogP contribution is 2.34. The number of alkyl halides is 2. The summed E-state index contributed by atoms with van der Waals surface area (Å²) in [6, 6.07) is 5.25. The van der Waals surface area contributed by atoms with E-state index in [2.05, 4.69) is 25.3 Å². The highest BCUT2D eigenvalue weighted by molar-refractivity contribution is 5.90. The van der Waals surface area contributed by atoms with E-state index in [-0.39, 0.29) is 17.3 Å². The van der Waals surface area contributed by atoms with Crippen molar-refractivity contribution in [2.75, 3.05) is 6.54 Å². The van der Waals surface area contributed by atoms with E-state index in [1.807, 2.05) is 31.3 Å². The summed E-state index contributed by atoms with van der Waals surface area (Å²) in [6.07, 6.45) is 6.25. The van der Waals surface area contributed by atoms with E-state index in [0.29, 0.717) is 29.0 Å². The Labute approximate surface area is 190 Å². The van der Waals surface area contributed by atoms with Gasteiger partial charge in [0.25, 0.3) is 5.89 Å². The number of amides is 1. The maximum atomic E-state index is 13.5. The van der Waals surface area contributed by atoms with Crippen LogP contribution in [0.15, 0.2) is 47.5 Å². The Morgan fingerprint density at radius 3 is 3.00 bits per heavy atom. The summed E-state index contributed by atoms with van der Waals surface area (Å²) in [6.45, 7) is -0.447. The van der Waals surface area contributed by atoms with Crippen molar-refractivity contribution >= 4 is 11.4 Å². The SMILES string of the molecule is Cc1cccn2nc([C@@H]3c4nc[nH]c4CCN3C(=O)c3nnc(-c4cnn(C(F)F)c4)o3)cc12. The molecule has 6 rings (SSSR count). The van der Waals surface area contributed by atoms with E-state index in [1.54, 1.807) is 15.7 Å². The van der Waals surface area contributed by atoms with Gasteiger partial charge in [-0.05, 0) is 24.6 Å². The van der Waals surface area contributed by atoms with E-state index in [4.69, 9.17) is 9.52 Å². The van der Waals surface area contributed by atoms with Crippen LogP contribution in [0.2, 0.25) is 0 Å². The number of hydrogen-bond acceptors (Lipinski definition) is 7. The Kier molecular flexibility index (Phi) is 4.50. The minimum Gasteiger partial charge on any atom is -0.412 e. The fourth-order valence-corrected chi connectivity index (χ4v) is 4.21. The highest BCUT2D eigenvalue weighted by Gasteiger charge is 2.38. The Hall–Kier alpha value is -4.42. The van der Waals surface area contributed by atoms with Crippen LogP contribution in [-0.4, -0.2) is 56.9 Å². The molecule has 13 heteroatoms. The van der Waals surface area contributed by atoms with Crippen LogP contribution >= 0.6 is 0 Å². The third kappa shape index (κ3) is 3.16. The first-order valence-corrected chi connectivity index (χ1v) is 10.4. The lowest BCUT2D eigenvalue weighted by Gasteiger charge is -2.32.